The maximum atomic E-state index is 11.3. The summed E-state index contributed by atoms with van der Waals surface area (Å²) in [6, 6.07) is 0. The number of nitrogens with two attached hydrogens (primary N) is 1. The van der Waals surface area contributed by atoms with Gasteiger partial charge >= 0.3 is 0 Å². The second kappa shape index (κ2) is 3.29. The van der Waals surface area contributed by atoms with E-state index in [-0.39, 0.29) is 16.9 Å². The Bertz CT molecular complexity index is 207. The van der Waals surface area contributed by atoms with Gasteiger partial charge in [0.2, 0.25) is 5.91 Å². The summed E-state index contributed by atoms with van der Waals surface area (Å²) >= 11 is 0. The van der Waals surface area contributed by atoms with Gasteiger partial charge in [-0.15, -0.1) is 0 Å². The molecule has 1 heterocycles. The van der Waals surface area contributed by atoms with E-state index in [0.29, 0.717) is 13.0 Å². The number of carbonyl (C=O) groups is 1. The van der Waals surface area contributed by atoms with E-state index in [2.05, 4.69) is 26.1 Å². The van der Waals surface area contributed by atoms with Gasteiger partial charge in [0.1, 0.15) is 0 Å². The predicted molar refractivity (Wildman–Crippen MR) is 53.2 cm³/mol. The maximum Gasteiger partial charge on any atom is 0.220 e. The Morgan fingerprint density at radius 2 is 2.15 bits per heavy atom. The van der Waals surface area contributed by atoms with E-state index in [1.165, 1.54) is 0 Å². The molecule has 1 atom stereocenters. The van der Waals surface area contributed by atoms with Gasteiger partial charge in [0.25, 0.3) is 0 Å². The van der Waals surface area contributed by atoms with Crippen molar-refractivity contribution in [3.63, 3.8) is 0 Å². The number of hydrogen-bond acceptors (Lipinski definition) is 2. The lowest BCUT2D eigenvalue weighted by atomic mass is 9.69. The third-order valence-electron chi connectivity index (χ3n) is 3.17. The van der Waals surface area contributed by atoms with Crippen molar-refractivity contribution in [2.24, 2.45) is 11.1 Å². The van der Waals surface area contributed by atoms with Gasteiger partial charge in [0.05, 0.1) is 5.54 Å². The standard InChI is InChI=1S/C10H20N2O/c1-9(2,3)10(7-11)6-4-5-8(13)12-10/h4-7,11H2,1-3H3,(H,12,13). The molecule has 0 aliphatic carbocycles. The van der Waals surface area contributed by atoms with Crippen molar-refractivity contribution < 1.29 is 4.79 Å². The number of nitrogens with one attached hydrogen (secondary N) is 1. The molecule has 1 saturated heterocycles. The van der Waals surface area contributed by atoms with Crippen LogP contribution in [0.15, 0.2) is 0 Å². The molecule has 1 rings (SSSR count). The smallest absolute Gasteiger partial charge is 0.220 e. The minimum absolute atomic E-state index is 0.0395. The van der Waals surface area contributed by atoms with Gasteiger partial charge in [-0.1, -0.05) is 20.8 Å². The second-order valence-corrected chi connectivity index (χ2v) is 4.94. The van der Waals surface area contributed by atoms with E-state index in [4.69, 9.17) is 5.73 Å². The fourth-order valence-electron chi connectivity index (χ4n) is 1.96. The van der Waals surface area contributed by atoms with Gasteiger partial charge in [-0.05, 0) is 18.3 Å². The lowest BCUT2D eigenvalue weighted by molar-refractivity contribution is -0.127. The number of rotatable bonds is 1. The number of hydrogen-bond donors (Lipinski definition) is 2. The van der Waals surface area contributed by atoms with Crippen LogP contribution < -0.4 is 11.1 Å². The Morgan fingerprint density at radius 1 is 1.54 bits per heavy atom. The predicted octanol–water partition coefficient (Wildman–Crippen LogP) is 1.03. The quantitative estimate of drug-likeness (QED) is 0.639. The van der Waals surface area contributed by atoms with Gasteiger partial charge in [-0.2, -0.15) is 0 Å². The van der Waals surface area contributed by atoms with Crippen LogP contribution in [0.3, 0.4) is 0 Å². The molecule has 3 heteroatoms. The molecule has 0 radical (unpaired) electrons. The first-order chi connectivity index (χ1) is 5.91. The van der Waals surface area contributed by atoms with Crippen molar-refractivity contribution in [3.05, 3.63) is 0 Å². The number of piperidine rings is 1. The minimum atomic E-state index is -0.192. The Hall–Kier alpha value is -0.570. The normalized spacial score (nSPS) is 30.0. The molecular formula is C10H20N2O. The van der Waals surface area contributed by atoms with Crippen LogP contribution in [0.25, 0.3) is 0 Å². The zero-order valence-corrected chi connectivity index (χ0v) is 8.81. The van der Waals surface area contributed by atoms with E-state index in [1.54, 1.807) is 0 Å². The molecule has 0 spiro atoms. The first-order valence-corrected chi connectivity index (χ1v) is 4.92. The fourth-order valence-corrected chi connectivity index (χ4v) is 1.96. The zero-order chi connectivity index (χ0) is 10.1. The van der Waals surface area contributed by atoms with Crippen LogP contribution >= 0.6 is 0 Å². The van der Waals surface area contributed by atoms with Crippen molar-refractivity contribution in [2.45, 2.75) is 45.6 Å². The van der Waals surface area contributed by atoms with Gasteiger partial charge in [-0.25, -0.2) is 0 Å². The van der Waals surface area contributed by atoms with Gasteiger partial charge in [0, 0.05) is 13.0 Å². The van der Waals surface area contributed by atoms with Crippen LogP contribution in [0, 0.1) is 5.41 Å². The van der Waals surface area contributed by atoms with Crippen LogP contribution in [0.5, 0.6) is 0 Å². The summed E-state index contributed by atoms with van der Waals surface area (Å²) in [6.07, 6.45) is 2.61. The van der Waals surface area contributed by atoms with Crippen molar-refractivity contribution in [1.29, 1.82) is 0 Å². The summed E-state index contributed by atoms with van der Waals surface area (Å²) in [5, 5.41) is 3.06. The molecule has 3 N–H and O–H groups in total. The molecule has 1 amide bonds. The maximum absolute atomic E-state index is 11.3. The third-order valence-corrected chi connectivity index (χ3v) is 3.17. The van der Waals surface area contributed by atoms with E-state index >= 15 is 0 Å². The highest BCUT2D eigenvalue weighted by atomic mass is 16.1. The second-order valence-electron chi connectivity index (χ2n) is 4.94. The van der Waals surface area contributed by atoms with Crippen LogP contribution in [0.2, 0.25) is 0 Å². The number of amides is 1. The zero-order valence-electron chi connectivity index (χ0n) is 8.81. The topological polar surface area (TPSA) is 55.1 Å². The van der Waals surface area contributed by atoms with Gasteiger partial charge < -0.3 is 11.1 Å². The summed E-state index contributed by atoms with van der Waals surface area (Å²) < 4.78 is 0. The minimum Gasteiger partial charge on any atom is -0.349 e. The largest absolute Gasteiger partial charge is 0.349 e. The molecule has 1 fully saturated rings. The average Bonchev–Trinajstić information content (AvgIpc) is 2.02. The van der Waals surface area contributed by atoms with Gasteiger partial charge in [0.15, 0.2) is 0 Å². The monoisotopic (exact) mass is 184 g/mol. The molecule has 0 bridgehead atoms. The van der Waals surface area contributed by atoms with E-state index < -0.39 is 0 Å². The molecule has 3 nitrogen and oxygen atoms in total. The highest BCUT2D eigenvalue weighted by molar-refractivity contribution is 5.77. The Morgan fingerprint density at radius 3 is 2.46 bits per heavy atom. The highest BCUT2D eigenvalue weighted by Crippen LogP contribution is 2.36. The summed E-state index contributed by atoms with van der Waals surface area (Å²) in [5.74, 6) is 0.145. The Labute approximate surface area is 80.1 Å². The van der Waals surface area contributed by atoms with E-state index in [0.717, 1.165) is 12.8 Å². The molecular weight excluding hydrogens is 164 g/mol. The summed E-state index contributed by atoms with van der Waals surface area (Å²) in [6.45, 7) is 6.92. The molecule has 76 valence electrons. The van der Waals surface area contributed by atoms with E-state index in [1.807, 2.05) is 0 Å². The fraction of sp³-hybridized carbons (Fsp3) is 0.900. The van der Waals surface area contributed by atoms with Crippen molar-refractivity contribution >= 4 is 5.91 Å². The lowest BCUT2D eigenvalue weighted by Gasteiger charge is -2.47. The average molecular weight is 184 g/mol. The molecule has 1 aliphatic rings. The molecule has 13 heavy (non-hydrogen) atoms. The Balaban J connectivity index is 2.86. The summed E-state index contributed by atoms with van der Waals surface area (Å²) in [4.78, 5) is 11.3. The summed E-state index contributed by atoms with van der Waals surface area (Å²) in [5.41, 5.74) is 5.62. The van der Waals surface area contributed by atoms with Crippen molar-refractivity contribution in [3.8, 4) is 0 Å². The lowest BCUT2D eigenvalue weighted by Crippen LogP contribution is -2.63. The molecule has 0 aromatic rings. The number of carbonyl (C=O) groups excluding carboxylic acids is 1. The molecule has 0 aromatic carbocycles. The van der Waals surface area contributed by atoms with Crippen LogP contribution in [-0.2, 0) is 4.79 Å². The van der Waals surface area contributed by atoms with Crippen LogP contribution in [0.1, 0.15) is 40.0 Å². The third kappa shape index (κ3) is 1.85. The summed E-state index contributed by atoms with van der Waals surface area (Å²) in [7, 11) is 0. The van der Waals surface area contributed by atoms with Crippen molar-refractivity contribution in [1.82, 2.24) is 5.32 Å². The van der Waals surface area contributed by atoms with Crippen LogP contribution in [-0.4, -0.2) is 18.0 Å². The first kappa shape index (κ1) is 10.5. The Kier molecular flexibility index (Phi) is 2.66. The first-order valence-electron chi connectivity index (χ1n) is 4.92. The van der Waals surface area contributed by atoms with E-state index in [9.17, 15) is 4.79 Å². The SMILES string of the molecule is CC(C)(C)C1(CN)CCCC(=O)N1. The van der Waals surface area contributed by atoms with Gasteiger partial charge in [-0.3, -0.25) is 4.79 Å². The molecule has 0 saturated carbocycles. The molecule has 1 unspecified atom stereocenters. The van der Waals surface area contributed by atoms with Crippen molar-refractivity contribution in [2.75, 3.05) is 6.54 Å². The molecule has 0 aromatic heterocycles. The highest BCUT2D eigenvalue weighted by Gasteiger charge is 2.43. The van der Waals surface area contributed by atoms with Crippen LogP contribution in [0.4, 0.5) is 0 Å². The molecule has 1 aliphatic heterocycles.